The Morgan fingerprint density at radius 1 is 1.00 bits per heavy atom. The molecule has 1 aliphatic heterocycles. The summed E-state index contributed by atoms with van der Waals surface area (Å²) in [5.74, 6) is 2.97. The van der Waals surface area contributed by atoms with Gasteiger partial charge in [-0.2, -0.15) is 0 Å². The van der Waals surface area contributed by atoms with Crippen LogP contribution in [0.25, 0.3) is 33.7 Å². The van der Waals surface area contributed by atoms with Crippen LogP contribution in [0.15, 0.2) is 48.8 Å². The maximum Gasteiger partial charge on any atom is 0.253 e. The first-order chi connectivity index (χ1) is 19.5. The van der Waals surface area contributed by atoms with Crippen LogP contribution < -0.4 is 5.32 Å². The van der Waals surface area contributed by atoms with Crippen molar-refractivity contribution < 1.29 is 9.18 Å². The molecule has 206 valence electrons. The number of aromatic nitrogens is 4. The van der Waals surface area contributed by atoms with E-state index >= 15 is 0 Å². The minimum atomic E-state index is -0.399. The molecule has 2 unspecified atom stereocenters. The lowest BCUT2D eigenvalue weighted by atomic mass is 9.62. The molecular weight excluding hydrogens is 503 g/mol. The molecule has 40 heavy (non-hydrogen) atoms. The average Bonchev–Trinajstić information content (AvgIpc) is 3.42. The number of nitrogens with zero attached hydrogens (tertiary/aromatic N) is 4. The van der Waals surface area contributed by atoms with Crippen molar-refractivity contribution in [3.63, 3.8) is 0 Å². The second kappa shape index (κ2) is 10.3. The van der Waals surface area contributed by atoms with Gasteiger partial charge >= 0.3 is 0 Å². The van der Waals surface area contributed by atoms with Crippen LogP contribution in [0.4, 0.5) is 10.2 Å². The Labute approximate surface area is 233 Å². The number of aromatic amines is 1. The van der Waals surface area contributed by atoms with E-state index in [4.69, 9.17) is 9.97 Å². The van der Waals surface area contributed by atoms with Crippen LogP contribution >= 0.6 is 0 Å². The molecule has 1 amide bonds. The molecule has 1 aromatic carbocycles. The summed E-state index contributed by atoms with van der Waals surface area (Å²) < 4.78 is 14.1. The number of carbonyl (C=O) groups excluding carboxylic acids is 1. The molecule has 2 atom stereocenters. The predicted molar refractivity (Wildman–Crippen MR) is 154 cm³/mol. The summed E-state index contributed by atoms with van der Waals surface area (Å²) in [6.45, 7) is 4.02. The molecule has 4 aliphatic rings. The minimum absolute atomic E-state index is 0.0895. The van der Waals surface area contributed by atoms with E-state index in [0.29, 0.717) is 45.9 Å². The lowest BCUT2D eigenvalue weighted by Gasteiger charge is -2.47. The number of rotatable bonds is 5. The molecule has 7 nitrogen and oxygen atoms in total. The lowest BCUT2D eigenvalue weighted by molar-refractivity contribution is 0.0724. The smallest absolute Gasteiger partial charge is 0.253 e. The summed E-state index contributed by atoms with van der Waals surface area (Å²) in [6, 6.07) is 11.6. The number of amides is 1. The van der Waals surface area contributed by atoms with Crippen molar-refractivity contribution in [3.8, 4) is 22.6 Å². The summed E-state index contributed by atoms with van der Waals surface area (Å²) in [5.41, 5.74) is 3.67. The highest BCUT2D eigenvalue weighted by Gasteiger charge is 2.41. The number of hydrogen-bond donors (Lipinski definition) is 2. The highest BCUT2D eigenvalue weighted by atomic mass is 19.1. The van der Waals surface area contributed by atoms with Gasteiger partial charge in [0.05, 0.1) is 11.9 Å². The SMILES string of the molecule is CC1C2CCC(CC2)C1Nc1cc(-c2ccc(C(=O)N3CCCCC3)cc2)nc(-c2c[nH]c3ncc(F)cc23)n1. The van der Waals surface area contributed by atoms with Crippen molar-refractivity contribution in [2.24, 2.45) is 17.8 Å². The fourth-order valence-corrected chi connectivity index (χ4v) is 7.19. The second-order valence-corrected chi connectivity index (χ2v) is 11.8. The van der Waals surface area contributed by atoms with Gasteiger partial charge in [-0.3, -0.25) is 4.79 Å². The molecule has 8 heteroatoms. The molecule has 4 heterocycles. The van der Waals surface area contributed by atoms with Crippen LogP contribution in [-0.4, -0.2) is 49.9 Å². The number of anilines is 1. The van der Waals surface area contributed by atoms with E-state index in [2.05, 4.69) is 22.2 Å². The monoisotopic (exact) mass is 538 g/mol. The zero-order valence-electron chi connectivity index (χ0n) is 22.9. The number of hydrogen-bond acceptors (Lipinski definition) is 5. The van der Waals surface area contributed by atoms with Crippen LogP contribution in [0, 0.1) is 23.6 Å². The van der Waals surface area contributed by atoms with Gasteiger partial charge in [-0.25, -0.2) is 19.3 Å². The molecule has 4 fully saturated rings. The average molecular weight is 539 g/mol. The number of carbonyl (C=O) groups is 1. The Balaban J connectivity index is 1.26. The number of piperidine rings is 1. The maximum atomic E-state index is 14.1. The van der Waals surface area contributed by atoms with Crippen molar-refractivity contribution in [1.82, 2.24) is 24.8 Å². The van der Waals surface area contributed by atoms with E-state index in [1.807, 2.05) is 35.2 Å². The standard InChI is InChI=1S/C32H35FN6O/c1-19-20-5-9-22(10-6-20)29(19)37-28-16-27(21-7-11-23(12-8-21)32(40)39-13-3-2-4-14-39)36-31(38-28)26-18-35-30-25(26)15-24(33)17-34-30/h7-8,11-12,15-20,22,29H,2-6,9-10,13-14H2,1H3,(H,34,35)(H,36,37,38). The number of halogens is 1. The summed E-state index contributed by atoms with van der Waals surface area (Å²) in [4.78, 5) is 32.2. The molecule has 2 bridgehead atoms. The van der Waals surface area contributed by atoms with E-state index in [0.717, 1.165) is 48.9 Å². The molecule has 0 spiro atoms. The summed E-state index contributed by atoms with van der Waals surface area (Å²) >= 11 is 0. The van der Waals surface area contributed by atoms with Crippen molar-refractivity contribution in [3.05, 3.63) is 60.2 Å². The Bertz CT molecular complexity index is 1530. The van der Waals surface area contributed by atoms with E-state index in [1.165, 1.54) is 44.4 Å². The summed E-state index contributed by atoms with van der Waals surface area (Å²) in [7, 11) is 0. The molecule has 2 N–H and O–H groups in total. The van der Waals surface area contributed by atoms with E-state index < -0.39 is 5.82 Å². The fourth-order valence-electron chi connectivity index (χ4n) is 7.19. The molecule has 3 aliphatic carbocycles. The Morgan fingerprint density at radius 3 is 2.50 bits per heavy atom. The normalized spacial score (nSPS) is 24.4. The van der Waals surface area contributed by atoms with Crippen molar-refractivity contribution in [2.75, 3.05) is 18.4 Å². The number of nitrogens with one attached hydrogen (secondary N) is 2. The fraction of sp³-hybridized carbons (Fsp3) is 0.438. The van der Waals surface area contributed by atoms with Gasteiger partial charge in [-0.05, 0) is 80.9 Å². The first kappa shape index (κ1) is 25.2. The largest absolute Gasteiger partial charge is 0.367 e. The third-order valence-electron chi connectivity index (χ3n) is 9.48. The lowest BCUT2D eigenvalue weighted by Crippen LogP contribution is -2.47. The highest BCUT2D eigenvalue weighted by Crippen LogP contribution is 2.46. The zero-order chi connectivity index (χ0) is 27.2. The first-order valence-corrected chi connectivity index (χ1v) is 14.7. The van der Waals surface area contributed by atoms with E-state index in [1.54, 1.807) is 6.20 Å². The van der Waals surface area contributed by atoms with Gasteiger partial charge in [0.1, 0.15) is 17.3 Å². The van der Waals surface area contributed by atoms with Crippen LogP contribution in [0.5, 0.6) is 0 Å². The third-order valence-corrected chi connectivity index (χ3v) is 9.48. The number of benzene rings is 1. The topological polar surface area (TPSA) is 86.8 Å². The second-order valence-electron chi connectivity index (χ2n) is 11.8. The maximum absolute atomic E-state index is 14.1. The number of H-pyrrole nitrogens is 1. The van der Waals surface area contributed by atoms with Crippen LogP contribution in [0.1, 0.15) is 62.2 Å². The van der Waals surface area contributed by atoms with Crippen molar-refractivity contribution in [2.45, 2.75) is 57.9 Å². The van der Waals surface area contributed by atoms with Crippen molar-refractivity contribution >= 4 is 22.8 Å². The van der Waals surface area contributed by atoms with Gasteiger partial charge in [-0.1, -0.05) is 19.1 Å². The number of fused-ring (bicyclic) bond motifs is 4. The van der Waals surface area contributed by atoms with Crippen molar-refractivity contribution in [1.29, 1.82) is 0 Å². The number of likely N-dealkylation sites (tertiary alicyclic amines) is 1. The third kappa shape index (κ3) is 4.63. The quantitative estimate of drug-likeness (QED) is 0.296. The molecule has 3 saturated carbocycles. The van der Waals surface area contributed by atoms with Gasteiger partial charge < -0.3 is 15.2 Å². The van der Waals surface area contributed by atoms with E-state index in [-0.39, 0.29) is 5.91 Å². The van der Waals surface area contributed by atoms with Gasteiger partial charge in [0.25, 0.3) is 5.91 Å². The molecule has 3 aromatic heterocycles. The highest BCUT2D eigenvalue weighted by molar-refractivity contribution is 5.95. The number of pyridine rings is 1. The summed E-state index contributed by atoms with van der Waals surface area (Å²) in [6.07, 6.45) is 11.5. The Morgan fingerprint density at radius 2 is 1.75 bits per heavy atom. The minimum Gasteiger partial charge on any atom is -0.367 e. The van der Waals surface area contributed by atoms with Gasteiger partial charge in [0.15, 0.2) is 5.82 Å². The zero-order valence-corrected chi connectivity index (χ0v) is 22.9. The molecule has 8 rings (SSSR count). The summed E-state index contributed by atoms with van der Waals surface area (Å²) in [5, 5.41) is 4.44. The molecular formula is C32H35FN6O. The molecule has 4 aromatic rings. The predicted octanol–water partition coefficient (Wildman–Crippen LogP) is 6.69. The molecule has 1 saturated heterocycles. The Kier molecular flexibility index (Phi) is 6.48. The van der Waals surface area contributed by atoms with Gasteiger partial charge in [-0.15, -0.1) is 0 Å². The first-order valence-electron chi connectivity index (χ1n) is 14.7. The molecule has 0 radical (unpaired) electrons. The van der Waals surface area contributed by atoms with Crippen LogP contribution in [-0.2, 0) is 0 Å². The van der Waals surface area contributed by atoms with Crippen LogP contribution in [0.2, 0.25) is 0 Å². The van der Waals surface area contributed by atoms with Gasteiger partial charge in [0, 0.05) is 53.5 Å². The van der Waals surface area contributed by atoms with E-state index in [9.17, 15) is 9.18 Å². The van der Waals surface area contributed by atoms with Gasteiger partial charge in [0.2, 0.25) is 0 Å². The Hall–Kier alpha value is -3.81. The van der Waals surface area contributed by atoms with Crippen LogP contribution in [0.3, 0.4) is 0 Å².